The van der Waals surface area contributed by atoms with Gasteiger partial charge in [-0.15, -0.1) is 6.58 Å². The van der Waals surface area contributed by atoms with Crippen LogP contribution < -0.4 is 11.3 Å². The topological polar surface area (TPSA) is 60.9 Å². The monoisotopic (exact) mass is 381 g/mol. The fourth-order valence-corrected chi connectivity index (χ4v) is 3.64. The number of anilines is 1. The second kappa shape index (κ2) is 8.15. The van der Waals surface area contributed by atoms with E-state index in [0.717, 1.165) is 35.1 Å². The van der Waals surface area contributed by atoms with Gasteiger partial charge in [-0.05, 0) is 35.6 Å². The molecular formula is C25H23N3O. The zero-order valence-electron chi connectivity index (χ0n) is 16.2. The summed E-state index contributed by atoms with van der Waals surface area (Å²) in [6.45, 7) is 4.21. The summed E-state index contributed by atoms with van der Waals surface area (Å²) in [6, 6.07) is 15.7. The van der Waals surface area contributed by atoms with Crippen molar-refractivity contribution in [2.75, 3.05) is 5.73 Å². The molecule has 2 aromatic carbocycles. The van der Waals surface area contributed by atoms with Crippen molar-refractivity contribution < 1.29 is 0 Å². The van der Waals surface area contributed by atoms with E-state index in [1.807, 2.05) is 60.7 Å². The molecule has 0 amide bonds. The van der Waals surface area contributed by atoms with Gasteiger partial charge in [0.1, 0.15) is 5.82 Å². The molecule has 0 saturated carbocycles. The molecule has 0 unspecified atom stereocenters. The fraction of sp³-hybridized carbons (Fsp3) is 0.120. The molecule has 4 nitrogen and oxygen atoms in total. The van der Waals surface area contributed by atoms with Gasteiger partial charge < -0.3 is 5.73 Å². The van der Waals surface area contributed by atoms with Crippen LogP contribution in [-0.2, 0) is 6.54 Å². The summed E-state index contributed by atoms with van der Waals surface area (Å²) >= 11 is 0. The minimum atomic E-state index is -0.0859. The van der Waals surface area contributed by atoms with Crippen molar-refractivity contribution in [3.05, 3.63) is 102 Å². The lowest BCUT2D eigenvalue weighted by molar-refractivity contribution is 0.733. The third-order valence-corrected chi connectivity index (χ3v) is 5.11. The number of aromatic nitrogens is 2. The smallest absolute Gasteiger partial charge is 0.261 e. The van der Waals surface area contributed by atoms with E-state index in [4.69, 9.17) is 5.73 Å². The molecule has 1 aromatic heterocycles. The lowest BCUT2D eigenvalue weighted by atomic mass is 9.99. The van der Waals surface area contributed by atoms with Gasteiger partial charge in [-0.25, -0.2) is 4.98 Å². The van der Waals surface area contributed by atoms with Crippen LogP contribution >= 0.6 is 0 Å². The standard InChI is InChI=1S/C25H23N3O/c1-2-15-28-24(19-11-7-4-8-12-19)27-17-22(25(28)29)20-13-14-21(23(26)16-20)18-9-5-3-6-10-18/h2-7,9-11,13-14,16-17H,1,8,12,15,26H2. The summed E-state index contributed by atoms with van der Waals surface area (Å²) in [5.74, 6) is 0.705. The first-order valence-corrected chi connectivity index (χ1v) is 9.71. The molecule has 0 fully saturated rings. The van der Waals surface area contributed by atoms with Crippen LogP contribution in [0.25, 0.3) is 27.8 Å². The Labute approximate surface area is 170 Å². The van der Waals surface area contributed by atoms with Crippen LogP contribution in [-0.4, -0.2) is 9.55 Å². The number of nitrogen functional groups attached to an aromatic ring is 1. The predicted molar refractivity (Wildman–Crippen MR) is 120 cm³/mol. The molecule has 1 aliphatic rings. The summed E-state index contributed by atoms with van der Waals surface area (Å²) in [4.78, 5) is 17.9. The van der Waals surface area contributed by atoms with Gasteiger partial charge in [-0.1, -0.05) is 66.8 Å². The van der Waals surface area contributed by atoms with E-state index < -0.39 is 0 Å². The molecule has 2 N–H and O–H groups in total. The lowest BCUT2D eigenvalue weighted by Gasteiger charge is -2.16. The highest BCUT2D eigenvalue weighted by atomic mass is 16.1. The average molecular weight is 381 g/mol. The summed E-state index contributed by atoms with van der Waals surface area (Å²) < 4.78 is 1.69. The Hall–Kier alpha value is -3.66. The predicted octanol–water partition coefficient (Wildman–Crippen LogP) is 5.08. The second-order valence-electron chi connectivity index (χ2n) is 7.03. The maximum Gasteiger partial charge on any atom is 0.261 e. The van der Waals surface area contributed by atoms with Crippen molar-refractivity contribution in [2.45, 2.75) is 19.4 Å². The average Bonchev–Trinajstić information content (AvgIpc) is 2.76. The molecule has 29 heavy (non-hydrogen) atoms. The first kappa shape index (κ1) is 18.7. The fourth-order valence-electron chi connectivity index (χ4n) is 3.64. The maximum absolute atomic E-state index is 13.3. The quantitative estimate of drug-likeness (QED) is 0.495. The van der Waals surface area contributed by atoms with Crippen molar-refractivity contribution in [3.63, 3.8) is 0 Å². The first-order chi connectivity index (χ1) is 14.2. The van der Waals surface area contributed by atoms with Crippen LogP contribution in [0.3, 0.4) is 0 Å². The Morgan fingerprint density at radius 3 is 2.62 bits per heavy atom. The van der Waals surface area contributed by atoms with Crippen molar-refractivity contribution >= 4 is 11.3 Å². The summed E-state index contributed by atoms with van der Waals surface area (Å²) in [7, 11) is 0. The van der Waals surface area contributed by atoms with Crippen LogP contribution in [0.1, 0.15) is 18.7 Å². The molecule has 0 saturated heterocycles. The maximum atomic E-state index is 13.3. The van der Waals surface area contributed by atoms with E-state index in [1.54, 1.807) is 16.8 Å². The molecule has 4 rings (SSSR count). The summed E-state index contributed by atoms with van der Waals surface area (Å²) in [5.41, 5.74) is 11.2. The minimum Gasteiger partial charge on any atom is -0.398 e. The van der Waals surface area contributed by atoms with E-state index in [0.29, 0.717) is 23.6 Å². The van der Waals surface area contributed by atoms with Crippen molar-refractivity contribution in [1.82, 2.24) is 9.55 Å². The normalized spacial score (nSPS) is 13.2. The number of benzene rings is 2. The third kappa shape index (κ3) is 3.69. The van der Waals surface area contributed by atoms with E-state index in [1.165, 1.54) is 0 Å². The van der Waals surface area contributed by atoms with Gasteiger partial charge in [0.15, 0.2) is 0 Å². The SMILES string of the molecule is C=CCn1c(C2=CC=CCC2)ncc(-c2ccc(-c3ccccc3)c(N)c2)c1=O. The van der Waals surface area contributed by atoms with Gasteiger partial charge >= 0.3 is 0 Å². The van der Waals surface area contributed by atoms with E-state index in [-0.39, 0.29) is 5.56 Å². The molecule has 1 aliphatic carbocycles. The Bertz CT molecular complexity index is 1170. The molecule has 0 bridgehead atoms. The number of rotatable bonds is 5. The van der Waals surface area contributed by atoms with Crippen LogP contribution in [0.2, 0.25) is 0 Å². The Balaban J connectivity index is 1.79. The zero-order chi connectivity index (χ0) is 20.2. The number of allylic oxidation sites excluding steroid dienone is 5. The van der Waals surface area contributed by atoms with E-state index in [9.17, 15) is 4.79 Å². The van der Waals surface area contributed by atoms with Crippen molar-refractivity contribution in [3.8, 4) is 22.3 Å². The largest absolute Gasteiger partial charge is 0.398 e. The number of hydrogen-bond acceptors (Lipinski definition) is 3. The van der Waals surface area contributed by atoms with Gasteiger partial charge in [0.2, 0.25) is 0 Å². The molecule has 4 heteroatoms. The van der Waals surface area contributed by atoms with Gasteiger partial charge in [0, 0.05) is 24.0 Å². The van der Waals surface area contributed by atoms with E-state index >= 15 is 0 Å². The van der Waals surface area contributed by atoms with Crippen LogP contribution in [0.4, 0.5) is 5.69 Å². The highest BCUT2D eigenvalue weighted by Crippen LogP contribution is 2.30. The highest BCUT2D eigenvalue weighted by molar-refractivity contribution is 5.81. The number of nitrogens with two attached hydrogens (primary N) is 1. The van der Waals surface area contributed by atoms with Gasteiger partial charge in [-0.2, -0.15) is 0 Å². The van der Waals surface area contributed by atoms with Gasteiger partial charge in [0.05, 0.1) is 5.56 Å². The Morgan fingerprint density at radius 1 is 1.10 bits per heavy atom. The first-order valence-electron chi connectivity index (χ1n) is 9.71. The van der Waals surface area contributed by atoms with Gasteiger partial charge in [0.25, 0.3) is 5.56 Å². The molecule has 0 aliphatic heterocycles. The molecule has 0 atom stereocenters. The highest BCUT2D eigenvalue weighted by Gasteiger charge is 2.16. The molecule has 3 aromatic rings. The lowest BCUT2D eigenvalue weighted by Crippen LogP contribution is -2.26. The van der Waals surface area contributed by atoms with Crippen LogP contribution in [0.15, 0.2) is 90.4 Å². The minimum absolute atomic E-state index is 0.0859. The number of nitrogens with zero attached hydrogens (tertiary/aromatic N) is 2. The zero-order valence-corrected chi connectivity index (χ0v) is 16.2. The molecule has 0 radical (unpaired) electrons. The molecule has 144 valence electrons. The Morgan fingerprint density at radius 2 is 1.93 bits per heavy atom. The van der Waals surface area contributed by atoms with E-state index in [2.05, 4.69) is 17.6 Å². The molecule has 1 heterocycles. The van der Waals surface area contributed by atoms with Crippen molar-refractivity contribution in [2.24, 2.45) is 0 Å². The van der Waals surface area contributed by atoms with Crippen LogP contribution in [0, 0.1) is 0 Å². The van der Waals surface area contributed by atoms with Crippen LogP contribution in [0.5, 0.6) is 0 Å². The Kier molecular flexibility index (Phi) is 5.25. The third-order valence-electron chi connectivity index (χ3n) is 5.11. The number of hydrogen-bond donors (Lipinski definition) is 1. The van der Waals surface area contributed by atoms with Gasteiger partial charge in [-0.3, -0.25) is 9.36 Å². The summed E-state index contributed by atoms with van der Waals surface area (Å²) in [6.07, 6.45) is 11.4. The molecule has 0 spiro atoms. The molecular weight excluding hydrogens is 358 g/mol. The van der Waals surface area contributed by atoms with Crippen molar-refractivity contribution in [1.29, 1.82) is 0 Å². The summed E-state index contributed by atoms with van der Waals surface area (Å²) in [5, 5.41) is 0. The second-order valence-corrected chi connectivity index (χ2v) is 7.03.